The van der Waals surface area contributed by atoms with Crippen molar-refractivity contribution in [2.24, 2.45) is 0 Å². The summed E-state index contributed by atoms with van der Waals surface area (Å²) in [5, 5.41) is 4.18. The molecule has 21 heavy (non-hydrogen) atoms. The lowest BCUT2D eigenvalue weighted by Crippen LogP contribution is -2.05. The number of carbonyl (C=O) groups is 1. The van der Waals surface area contributed by atoms with Gasteiger partial charge in [-0.15, -0.1) is 0 Å². The molecule has 6 heteroatoms. The number of esters is 1. The van der Waals surface area contributed by atoms with Crippen LogP contribution in [0.15, 0.2) is 30.6 Å². The predicted octanol–water partition coefficient (Wildman–Crippen LogP) is 2.84. The second-order valence-corrected chi connectivity index (χ2v) is 4.51. The van der Waals surface area contributed by atoms with Crippen molar-refractivity contribution in [3.05, 3.63) is 36.2 Å². The van der Waals surface area contributed by atoms with Crippen LogP contribution >= 0.6 is 0 Å². The third kappa shape index (κ3) is 3.75. The van der Waals surface area contributed by atoms with Crippen molar-refractivity contribution in [1.29, 1.82) is 0 Å². The van der Waals surface area contributed by atoms with Crippen LogP contribution in [0.25, 0.3) is 0 Å². The number of benzene rings is 1. The first-order valence-corrected chi connectivity index (χ1v) is 6.91. The van der Waals surface area contributed by atoms with Gasteiger partial charge in [0.05, 0.1) is 30.3 Å². The fourth-order valence-corrected chi connectivity index (χ4v) is 1.84. The highest BCUT2D eigenvalue weighted by Crippen LogP contribution is 2.28. The molecule has 1 aromatic carbocycles. The van der Waals surface area contributed by atoms with Crippen LogP contribution in [0.1, 0.15) is 30.6 Å². The number of carbonyl (C=O) groups excluding carboxylic acids is 1. The summed E-state index contributed by atoms with van der Waals surface area (Å²) in [5.41, 5.74) is 6.73. The molecule has 2 aromatic rings. The highest BCUT2D eigenvalue weighted by Gasteiger charge is 2.11. The fraction of sp³-hybridized carbons (Fsp3) is 0.333. The van der Waals surface area contributed by atoms with Gasteiger partial charge in [0.25, 0.3) is 0 Å². The molecule has 0 unspecified atom stereocenters. The number of nitrogens with two attached hydrogens (primary N) is 1. The minimum atomic E-state index is -0.399. The molecule has 0 aliphatic carbocycles. The summed E-state index contributed by atoms with van der Waals surface area (Å²) >= 11 is 0. The van der Waals surface area contributed by atoms with E-state index in [0.29, 0.717) is 29.4 Å². The molecule has 0 atom stereocenters. The van der Waals surface area contributed by atoms with E-state index in [0.717, 1.165) is 13.0 Å². The van der Waals surface area contributed by atoms with Gasteiger partial charge in [-0.2, -0.15) is 5.10 Å². The third-order valence-corrected chi connectivity index (χ3v) is 2.81. The van der Waals surface area contributed by atoms with Gasteiger partial charge in [-0.3, -0.25) is 4.68 Å². The Bertz CT molecular complexity index is 622. The molecule has 0 fully saturated rings. The lowest BCUT2D eigenvalue weighted by molar-refractivity contribution is 0.0526. The van der Waals surface area contributed by atoms with Crippen LogP contribution in [0.4, 0.5) is 5.69 Å². The van der Waals surface area contributed by atoms with Gasteiger partial charge in [-0.1, -0.05) is 6.92 Å². The third-order valence-electron chi connectivity index (χ3n) is 2.81. The minimum absolute atomic E-state index is 0.323. The summed E-state index contributed by atoms with van der Waals surface area (Å²) in [6.07, 6.45) is 4.40. The number of rotatable bonds is 6. The number of anilines is 1. The summed E-state index contributed by atoms with van der Waals surface area (Å²) < 4.78 is 12.4. The van der Waals surface area contributed by atoms with Gasteiger partial charge in [0.15, 0.2) is 11.5 Å². The van der Waals surface area contributed by atoms with E-state index in [4.69, 9.17) is 15.2 Å². The average molecular weight is 289 g/mol. The lowest BCUT2D eigenvalue weighted by atomic mass is 10.2. The quantitative estimate of drug-likeness (QED) is 0.653. The van der Waals surface area contributed by atoms with E-state index < -0.39 is 5.97 Å². The number of aromatic nitrogens is 2. The largest absolute Gasteiger partial charge is 0.462 e. The monoisotopic (exact) mass is 289 g/mol. The molecule has 0 amide bonds. The Morgan fingerprint density at radius 2 is 2.19 bits per heavy atom. The Kier molecular flexibility index (Phi) is 4.81. The Morgan fingerprint density at radius 1 is 1.38 bits per heavy atom. The number of nitrogens with zero attached hydrogens (tertiary/aromatic N) is 2. The maximum atomic E-state index is 11.7. The van der Waals surface area contributed by atoms with Crippen LogP contribution in [0.2, 0.25) is 0 Å². The van der Waals surface area contributed by atoms with E-state index in [2.05, 4.69) is 12.0 Å². The van der Waals surface area contributed by atoms with Crippen molar-refractivity contribution in [3.8, 4) is 11.5 Å². The van der Waals surface area contributed by atoms with Crippen LogP contribution in [-0.2, 0) is 11.3 Å². The van der Waals surface area contributed by atoms with E-state index in [1.165, 1.54) is 0 Å². The number of ether oxygens (including phenoxy) is 2. The van der Waals surface area contributed by atoms with Gasteiger partial charge in [0.1, 0.15) is 0 Å². The summed E-state index contributed by atoms with van der Waals surface area (Å²) in [7, 11) is 0. The minimum Gasteiger partial charge on any atom is -0.462 e. The summed E-state index contributed by atoms with van der Waals surface area (Å²) in [4.78, 5) is 11.7. The van der Waals surface area contributed by atoms with Crippen molar-refractivity contribution < 1.29 is 14.3 Å². The molecule has 0 bridgehead atoms. The second kappa shape index (κ2) is 6.78. The molecule has 0 aliphatic heterocycles. The molecule has 1 aromatic heterocycles. The van der Waals surface area contributed by atoms with Crippen molar-refractivity contribution >= 4 is 11.7 Å². The zero-order valence-electron chi connectivity index (χ0n) is 12.2. The molecule has 2 N–H and O–H groups in total. The van der Waals surface area contributed by atoms with E-state index >= 15 is 0 Å². The van der Waals surface area contributed by atoms with Crippen molar-refractivity contribution in [3.63, 3.8) is 0 Å². The average Bonchev–Trinajstić information content (AvgIpc) is 2.89. The first-order chi connectivity index (χ1) is 10.1. The number of hydrogen-bond acceptors (Lipinski definition) is 5. The molecule has 0 saturated carbocycles. The lowest BCUT2D eigenvalue weighted by Gasteiger charge is -2.08. The first kappa shape index (κ1) is 14.9. The topological polar surface area (TPSA) is 79.4 Å². The maximum absolute atomic E-state index is 11.7. The zero-order valence-corrected chi connectivity index (χ0v) is 12.2. The van der Waals surface area contributed by atoms with Crippen molar-refractivity contribution in [2.75, 3.05) is 12.3 Å². The van der Waals surface area contributed by atoms with E-state index in [-0.39, 0.29) is 0 Å². The van der Waals surface area contributed by atoms with Crippen molar-refractivity contribution in [2.45, 2.75) is 26.8 Å². The SMILES string of the molecule is CCCn1cc(Oc2cc(C(=O)OCC)ccc2N)cn1. The van der Waals surface area contributed by atoms with E-state index in [1.807, 2.05) is 0 Å². The molecule has 0 saturated heterocycles. The van der Waals surface area contributed by atoms with Gasteiger partial charge < -0.3 is 15.2 Å². The molecular weight excluding hydrogens is 270 g/mol. The first-order valence-electron chi connectivity index (χ1n) is 6.91. The summed E-state index contributed by atoms with van der Waals surface area (Å²) in [5.74, 6) is 0.594. The molecule has 2 rings (SSSR count). The Morgan fingerprint density at radius 3 is 2.90 bits per heavy atom. The standard InChI is InChI=1S/C15H19N3O3/c1-3-7-18-10-12(9-17-18)21-14-8-11(5-6-13(14)16)15(19)20-4-2/h5-6,8-10H,3-4,7,16H2,1-2H3. The van der Waals surface area contributed by atoms with Crippen LogP contribution < -0.4 is 10.5 Å². The Hall–Kier alpha value is -2.50. The summed E-state index contributed by atoms with van der Waals surface area (Å²) in [6, 6.07) is 4.81. The zero-order chi connectivity index (χ0) is 15.2. The molecule has 112 valence electrons. The molecule has 0 aliphatic rings. The van der Waals surface area contributed by atoms with E-state index in [1.54, 1.807) is 42.2 Å². The predicted molar refractivity (Wildman–Crippen MR) is 79.4 cm³/mol. The van der Waals surface area contributed by atoms with Gasteiger partial charge >= 0.3 is 5.97 Å². The second-order valence-electron chi connectivity index (χ2n) is 4.51. The number of nitrogen functional groups attached to an aromatic ring is 1. The van der Waals surface area contributed by atoms with Gasteiger partial charge in [-0.25, -0.2) is 4.79 Å². The van der Waals surface area contributed by atoms with Crippen LogP contribution in [0.5, 0.6) is 11.5 Å². The smallest absolute Gasteiger partial charge is 0.338 e. The molecule has 6 nitrogen and oxygen atoms in total. The Balaban J connectivity index is 2.18. The summed E-state index contributed by atoms with van der Waals surface area (Å²) in [6.45, 7) is 4.97. The molecule has 0 spiro atoms. The van der Waals surface area contributed by atoms with Gasteiger partial charge in [0.2, 0.25) is 0 Å². The Labute approximate surface area is 123 Å². The fourth-order valence-electron chi connectivity index (χ4n) is 1.84. The normalized spacial score (nSPS) is 10.4. The number of hydrogen-bond donors (Lipinski definition) is 1. The van der Waals surface area contributed by atoms with Crippen molar-refractivity contribution in [1.82, 2.24) is 9.78 Å². The van der Waals surface area contributed by atoms with Gasteiger partial charge in [0, 0.05) is 6.54 Å². The highest BCUT2D eigenvalue weighted by molar-refractivity contribution is 5.90. The number of aryl methyl sites for hydroxylation is 1. The van der Waals surface area contributed by atoms with Crippen LogP contribution in [0.3, 0.4) is 0 Å². The molecule has 1 heterocycles. The van der Waals surface area contributed by atoms with E-state index in [9.17, 15) is 4.79 Å². The molecule has 0 radical (unpaired) electrons. The highest BCUT2D eigenvalue weighted by atomic mass is 16.5. The molecular formula is C15H19N3O3. The van der Waals surface area contributed by atoms with Gasteiger partial charge in [-0.05, 0) is 31.5 Å². The maximum Gasteiger partial charge on any atom is 0.338 e. The van der Waals surface area contributed by atoms with Crippen LogP contribution in [0, 0.1) is 0 Å². The van der Waals surface area contributed by atoms with Crippen LogP contribution in [-0.4, -0.2) is 22.4 Å².